The van der Waals surface area contributed by atoms with E-state index >= 15 is 14.0 Å². The third-order valence-electron chi connectivity index (χ3n) is 18.7. The fourth-order valence-corrected chi connectivity index (χ4v) is 13.8. The topological polar surface area (TPSA) is 184 Å². The van der Waals surface area contributed by atoms with Crippen molar-refractivity contribution in [2.45, 2.75) is 116 Å². The Hall–Kier alpha value is -7.22. The van der Waals surface area contributed by atoms with Crippen LogP contribution in [0.2, 0.25) is 0 Å². The highest BCUT2D eigenvalue weighted by atomic mass is 19.1. The number of H-pyrrole nitrogens is 1. The maximum absolute atomic E-state index is 15.2. The molecule has 5 aliphatic rings. The molecule has 2 atom stereocenters. The smallest absolute Gasteiger partial charge is 0.272 e. The van der Waals surface area contributed by atoms with E-state index in [0.717, 1.165) is 113 Å². The van der Waals surface area contributed by atoms with Gasteiger partial charge in [-0.1, -0.05) is 61.7 Å². The third kappa shape index (κ3) is 15.4. The van der Waals surface area contributed by atoms with E-state index in [2.05, 4.69) is 46.1 Å². The first kappa shape index (κ1) is 62.8. The molecule has 0 bridgehead atoms. The van der Waals surface area contributed by atoms with E-state index in [-0.39, 0.29) is 53.1 Å². The van der Waals surface area contributed by atoms with Crippen molar-refractivity contribution < 1.29 is 37.8 Å². The number of nitrogens with one attached hydrogen (secondary N) is 2. The van der Waals surface area contributed by atoms with Gasteiger partial charge in [-0.25, -0.2) is 9.49 Å². The van der Waals surface area contributed by atoms with Gasteiger partial charge >= 0.3 is 0 Å². The first-order chi connectivity index (χ1) is 42.0. The molecular formula is C68H89FN10O8. The zero-order valence-electron chi connectivity index (χ0n) is 51.7. The van der Waals surface area contributed by atoms with Gasteiger partial charge in [0, 0.05) is 119 Å². The average Bonchev–Trinajstić information content (AvgIpc) is 2.14. The number of piperazine rings is 2. The number of aromatic nitrogens is 2. The minimum Gasteiger partial charge on any atom is -0.497 e. The number of nitrogens with zero attached hydrogens (tertiary/aromatic N) is 8. The Kier molecular flexibility index (Phi) is 20.8. The van der Waals surface area contributed by atoms with Crippen molar-refractivity contribution in [1.82, 2.24) is 49.8 Å². The average molecular weight is 1190 g/mol. The summed E-state index contributed by atoms with van der Waals surface area (Å²) < 4.78 is 26.4. The van der Waals surface area contributed by atoms with Crippen LogP contribution in [-0.4, -0.2) is 198 Å². The highest BCUT2D eigenvalue weighted by Gasteiger charge is 2.45. The number of hydrogen-bond acceptors (Lipinski definition) is 12. The predicted octanol–water partition coefficient (Wildman–Crippen LogP) is 7.59. The summed E-state index contributed by atoms with van der Waals surface area (Å²) in [4.78, 5) is 97.3. The number of likely N-dealkylation sites (tertiary alicyclic amines) is 2. The Balaban J connectivity index is 0.676. The summed E-state index contributed by atoms with van der Waals surface area (Å²) in [6, 6.07) is 24.8. The molecule has 5 fully saturated rings. The van der Waals surface area contributed by atoms with Gasteiger partial charge in [0.05, 0.1) is 43.4 Å². The van der Waals surface area contributed by atoms with Gasteiger partial charge in [0.2, 0.25) is 17.7 Å². The number of carbonyl (C=O) groups is 5. The first-order valence-electron chi connectivity index (χ1n) is 31.8. The SMILES string of the molecule is CCOc1cc(OC)ccc1CNCC(=O)N1CCCC(c2ccc(C(=O)N([C@@H](C(=O)N3CCN(CC4CCN(CC(=O)N5CCN(C(=O)c6cc(Cc7n[nH]c(=O)c8ccccc78)ccc6F)CC5)CC4)CC3)C3CCCCC3)C(C)(C)C)cc2)C1. The van der Waals surface area contributed by atoms with Crippen molar-refractivity contribution >= 4 is 40.3 Å². The molecule has 1 aliphatic carbocycles. The molecule has 466 valence electrons. The summed E-state index contributed by atoms with van der Waals surface area (Å²) in [5, 5.41) is 11.3. The van der Waals surface area contributed by atoms with Gasteiger partial charge in [-0.3, -0.25) is 38.6 Å². The number of fused-ring (bicyclic) bond motifs is 1. The van der Waals surface area contributed by atoms with Gasteiger partial charge in [-0.05, 0) is 139 Å². The van der Waals surface area contributed by atoms with Crippen molar-refractivity contribution in [2.24, 2.45) is 11.8 Å². The Bertz CT molecular complexity index is 3270. The molecule has 1 unspecified atom stereocenters. The maximum atomic E-state index is 15.2. The summed E-state index contributed by atoms with van der Waals surface area (Å²) in [5.41, 5.74) is 3.01. The molecule has 18 nitrogen and oxygen atoms in total. The summed E-state index contributed by atoms with van der Waals surface area (Å²) in [7, 11) is 1.63. The second-order valence-electron chi connectivity index (χ2n) is 25.6. The molecule has 1 aromatic heterocycles. The summed E-state index contributed by atoms with van der Waals surface area (Å²) in [5.74, 6) is 1.15. The van der Waals surface area contributed by atoms with Crippen LogP contribution in [0.4, 0.5) is 4.39 Å². The van der Waals surface area contributed by atoms with E-state index in [1.54, 1.807) is 36.3 Å². The fraction of sp³-hybridized carbons (Fsp3) is 0.544. The van der Waals surface area contributed by atoms with Crippen molar-refractivity contribution in [3.8, 4) is 11.5 Å². The first-order valence-corrected chi connectivity index (χ1v) is 31.8. The zero-order valence-corrected chi connectivity index (χ0v) is 51.7. The minimum atomic E-state index is -0.623. The molecule has 4 aliphatic heterocycles. The fourth-order valence-electron chi connectivity index (χ4n) is 13.8. The lowest BCUT2D eigenvalue weighted by molar-refractivity contribution is -0.142. The lowest BCUT2D eigenvalue weighted by Crippen LogP contribution is -2.62. The van der Waals surface area contributed by atoms with Gasteiger partial charge in [-0.15, -0.1) is 0 Å². The Morgan fingerprint density at radius 2 is 1.44 bits per heavy atom. The Morgan fingerprint density at radius 1 is 0.736 bits per heavy atom. The molecule has 87 heavy (non-hydrogen) atoms. The standard InChI is InChI=1S/C68H89FN10O8/c1-6-87-60-41-54(86-5)24-23-52(60)42-70-43-61(80)78-28-12-15-53(45-78)49-19-21-51(22-20-49)65(83)79(68(2,3)4)63(50-13-8-7-9-14-50)67(85)77-33-31-74(32-34-77)44-47-26-29-73(30-27-47)46-62(81)75-35-37-76(38-36-75)66(84)57-39-48(18-25-58(57)69)40-59-55-16-10-11-17-56(55)64(82)72-71-59/h10-11,16-25,39,41,47,50,53,63,70H,6-9,12-15,26-38,40,42-46H2,1-5H3,(H,72,82)/t53?,63-/m1/s1. The molecule has 0 spiro atoms. The summed E-state index contributed by atoms with van der Waals surface area (Å²) in [6.45, 7) is 17.7. The number of methoxy groups -OCH3 is 1. The molecule has 1 saturated carbocycles. The Labute approximate surface area is 511 Å². The number of amides is 5. The second-order valence-corrected chi connectivity index (χ2v) is 25.6. The van der Waals surface area contributed by atoms with E-state index in [0.29, 0.717) is 112 Å². The lowest BCUT2D eigenvalue weighted by Gasteiger charge is -2.47. The van der Waals surface area contributed by atoms with Gasteiger partial charge in [0.1, 0.15) is 23.4 Å². The number of rotatable bonds is 19. The number of halogens is 1. The van der Waals surface area contributed by atoms with E-state index in [4.69, 9.17) is 9.47 Å². The highest BCUT2D eigenvalue weighted by molar-refractivity contribution is 5.98. The Morgan fingerprint density at radius 3 is 2.14 bits per heavy atom. The molecule has 0 radical (unpaired) electrons. The van der Waals surface area contributed by atoms with E-state index in [1.165, 1.54) is 6.07 Å². The summed E-state index contributed by atoms with van der Waals surface area (Å²) >= 11 is 0. The van der Waals surface area contributed by atoms with Crippen LogP contribution in [0.1, 0.15) is 135 Å². The summed E-state index contributed by atoms with van der Waals surface area (Å²) in [6.07, 6.45) is 9.15. The molecular weight excluding hydrogens is 1100 g/mol. The van der Waals surface area contributed by atoms with Crippen LogP contribution in [0.25, 0.3) is 10.8 Å². The highest BCUT2D eigenvalue weighted by Crippen LogP contribution is 2.36. The van der Waals surface area contributed by atoms with E-state index < -0.39 is 23.3 Å². The van der Waals surface area contributed by atoms with Crippen molar-refractivity contribution in [2.75, 3.05) is 112 Å². The van der Waals surface area contributed by atoms with Crippen LogP contribution >= 0.6 is 0 Å². The zero-order chi connectivity index (χ0) is 61.2. The normalized spacial score (nSPS) is 19.0. The van der Waals surface area contributed by atoms with Crippen molar-refractivity contribution in [3.05, 3.63) is 135 Å². The van der Waals surface area contributed by atoms with Gasteiger partial charge in [0.15, 0.2) is 0 Å². The van der Waals surface area contributed by atoms with Crippen LogP contribution in [0.3, 0.4) is 0 Å². The molecule has 5 aromatic rings. The predicted molar refractivity (Wildman–Crippen MR) is 333 cm³/mol. The van der Waals surface area contributed by atoms with E-state index in [9.17, 15) is 19.2 Å². The minimum absolute atomic E-state index is 0.0255. The molecule has 10 rings (SSSR count). The van der Waals surface area contributed by atoms with Crippen LogP contribution in [0, 0.1) is 17.7 Å². The number of carbonyl (C=O) groups excluding carboxylic acids is 5. The van der Waals surface area contributed by atoms with Gasteiger partial charge < -0.3 is 39.3 Å². The second kappa shape index (κ2) is 28.7. The largest absolute Gasteiger partial charge is 0.497 e. The van der Waals surface area contributed by atoms with Crippen LogP contribution in [-0.2, 0) is 27.3 Å². The third-order valence-corrected chi connectivity index (χ3v) is 18.7. The molecule has 5 amide bonds. The van der Waals surface area contributed by atoms with Crippen molar-refractivity contribution in [1.29, 1.82) is 0 Å². The molecule has 19 heteroatoms. The van der Waals surface area contributed by atoms with Gasteiger partial charge in [0.25, 0.3) is 17.4 Å². The monoisotopic (exact) mass is 1190 g/mol. The molecule has 4 aromatic carbocycles. The molecule has 5 heterocycles. The molecule has 2 N–H and O–H groups in total. The quantitative estimate of drug-likeness (QED) is 0.0828. The number of piperidine rings is 2. The van der Waals surface area contributed by atoms with Crippen LogP contribution in [0.15, 0.2) is 89.7 Å². The number of benzene rings is 4. The van der Waals surface area contributed by atoms with Crippen LogP contribution < -0.4 is 20.3 Å². The number of aromatic amines is 1. The number of ether oxygens (including phenoxy) is 2. The lowest BCUT2D eigenvalue weighted by atomic mass is 9.80. The van der Waals surface area contributed by atoms with E-state index in [1.807, 2.05) is 81.1 Å². The maximum Gasteiger partial charge on any atom is 0.272 e. The van der Waals surface area contributed by atoms with Gasteiger partial charge in [-0.2, -0.15) is 5.10 Å². The number of hydrogen-bond donors (Lipinski definition) is 2. The van der Waals surface area contributed by atoms with Crippen LogP contribution in [0.5, 0.6) is 11.5 Å². The molecule has 4 saturated heterocycles. The van der Waals surface area contributed by atoms with Crippen molar-refractivity contribution in [3.63, 3.8) is 0 Å².